The predicted molar refractivity (Wildman–Crippen MR) is 174 cm³/mol. The molecule has 0 amide bonds. The van der Waals surface area contributed by atoms with Crippen molar-refractivity contribution in [3.63, 3.8) is 0 Å². The fourth-order valence-corrected chi connectivity index (χ4v) is 5.73. The van der Waals surface area contributed by atoms with Crippen molar-refractivity contribution in [1.29, 1.82) is 0 Å². The van der Waals surface area contributed by atoms with Crippen molar-refractivity contribution in [2.24, 2.45) is 0 Å². The fraction of sp³-hybridized carbons (Fsp3) is 0.906. The van der Waals surface area contributed by atoms with Crippen molar-refractivity contribution < 1.29 is 42.7 Å². The molecule has 2 N–H and O–H groups in total. The first-order chi connectivity index (χ1) is 20.6. The second-order valence-corrected chi connectivity index (χ2v) is 14.0. The Labute approximate surface area is 265 Å². The molecule has 9 nitrogen and oxygen atoms in total. The van der Waals surface area contributed by atoms with Gasteiger partial charge in [-0.1, -0.05) is 134 Å². The van der Waals surface area contributed by atoms with Gasteiger partial charge in [-0.15, -0.1) is 0 Å². The van der Waals surface area contributed by atoms with Crippen LogP contribution in [0.25, 0.3) is 0 Å². The van der Waals surface area contributed by atoms with E-state index in [2.05, 4.69) is 11.4 Å². The van der Waals surface area contributed by atoms with E-state index in [4.69, 9.17) is 19.3 Å². The molecule has 0 aromatic rings. The fourth-order valence-electron chi connectivity index (χ4n) is 4.73. The summed E-state index contributed by atoms with van der Waals surface area (Å²) in [5.74, 6) is 0.00771. The third kappa shape index (κ3) is 33.8. The molecule has 0 aliphatic rings. The average molecular weight is 653 g/mol. The molecule has 0 fully saturated rings. The number of phosphoric acid groups is 1. The van der Waals surface area contributed by atoms with E-state index in [1.807, 2.05) is 0 Å². The second kappa shape index (κ2) is 29.8. The van der Waals surface area contributed by atoms with E-state index in [1.54, 1.807) is 6.92 Å². The molecule has 0 saturated heterocycles. The van der Waals surface area contributed by atoms with E-state index in [1.165, 1.54) is 88.8 Å². The van der Waals surface area contributed by atoms with Crippen LogP contribution in [0.1, 0.15) is 162 Å². The summed E-state index contributed by atoms with van der Waals surface area (Å²) in [5.41, 5.74) is 0. The molecule has 0 saturated carbocycles. The maximum Gasteiger partial charge on any atom is 0.469 e. The summed E-state index contributed by atoms with van der Waals surface area (Å²) < 4.78 is 26.2. The van der Waals surface area contributed by atoms with Crippen LogP contribution in [-0.4, -0.2) is 51.9 Å². The second-order valence-electron chi connectivity index (χ2n) is 11.5. The van der Waals surface area contributed by atoms with Crippen molar-refractivity contribution in [2.45, 2.75) is 168 Å². The lowest BCUT2D eigenvalue weighted by molar-refractivity contribution is -0.161. The molecule has 0 aromatic carbocycles. The van der Waals surface area contributed by atoms with Crippen LogP contribution in [0.15, 0.2) is 0 Å². The Bertz CT molecular complexity index is 744. The zero-order chi connectivity index (χ0) is 32.0. The quantitative estimate of drug-likeness (QED) is 0.0424. The molecule has 0 aromatic heterocycles. The highest BCUT2D eigenvalue weighted by Crippen LogP contribution is 2.36. The average Bonchev–Trinajstić information content (AvgIpc) is 2.95. The summed E-state index contributed by atoms with van der Waals surface area (Å²) in [6.07, 6.45) is 23.1. The van der Waals surface area contributed by atoms with Crippen molar-refractivity contribution in [3.8, 4) is 0 Å². The zero-order valence-electron chi connectivity index (χ0n) is 27.1. The van der Waals surface area contributed by atoms with Gasteiger partial charge in [0.25, 0.3) is 0 Å². The number of hydrogen-bond donors (Lipinski definition) is 2. The number of carbonyl (C=O) groups excluding carboxylic acids is 3. The molecule has 0 unspecified atom stereocenters. The van der Waals surface area contributed by atoms with Crippen molar-refractivity contribution in [1.82, 2.24) is 0 Å². The van der Waals surface area contributed by atoms with E-state index in [9.17, 15) is 18.9 Å². The largest absolute Gasteiger partial charge is 0.469 e. The third-order valence-corrected chi connectivity index (χ3v) is 8.61. The summed E-state index contributed by atoms with van der Waals surface area (Å²) in [7, 11) is -4.75. The van der Waals surface area contributed by atoms with Gasteiger partial charge in [0.1, 0.15) is 6.61 Å². The van der Waals surface area contributed by atoms with Crippen molar-refractivity contribution in [2.75, 3.05) is 19.0 Å². The minimum absolute atomic E-state index is 0.191. The predicted octanol–water partition coefficient (Wildman–Crippen LogP) is 8.82. The van der Waals surface area contributed by atoms with Crippen molar-refractivity contribution in [3.05, 3.63) is 0 Å². The summed E-state index contributed by atoms with van der Waals surface area (Å²) in [5, 5.41) is 0.191. The molecule has 0 rings (SSSR count). The number of hydrogen-bond acceptors (Lipinski definition) is 8. The van der Waals surface area contributed by atoms with E-state index in [0.717, 1.165) is 50.7 Å². The zero-order valence-corrected chi connectivity index (χ0v) is 28.8. The van der Waals surface area contributed by atoms with Gasteiger partial charge in [-0.3, -0.25) is 18.9 Å². The Morgan fingerprint density at radius 1 is 0.628 bits per heavy atom. The summed E-state index contributed by atoms with van der Waals surface area (Å²) in [6.45, 7) is 2.99. The monoisotopic (exact) mass is 652 g/mol. The maximum atomic E-state index is 12.3. The smallest absolute Gasteiger partial charge is 0.462 e. The van der Waals surface area contributed by atoms with Crippen LogP contribution in [0.3, 0.4) is 0 Å². The first-order valence-electron chi connectivity index (χ1n) is 16.8. The van der Waals surface area contributed by atoms with E-state index < -0.39 is 32.5 Å². The Kier molecular flexibility index (Phi) is 29.1. The van der Waals surface area contributed by atoms with E-state index in [-0.39, 0.29) is 24.6 Å². The Morgan fingerprint density at radius 2 is 1.05 bits per heavy atom. The number of esters is 2. The first-order valence-corrected chi connectivity index (χ1v) is 19.3. The summed E-state index contributed by atoms with van der Waals surface area (Å²) in [4.78, 5) is 53.4. The van der Waals surface area contributed by atoms with Crippen LogP contribution in [-0.2, 0) is 32.9 Å². The number of ether oxygens (including phenoxy) is 2. The van der Waals surface area contributed by atoms with Crippen LogP contribution < -0.4 is 0 Å². The molecule has 11 heteroatoms. The molecular formula is C32H61O9PS. The lowest BCUT2D eigenvalue weighted by Gasteiger charge is -2.18. The number of thioether (sulfide) groups is 1. The maximum absolute atomic E-state index is 12.3. The van der Waals surface area contributed by atoms with Gasteiger partial charge in [0, 0.05) is 25.5 Å². The Morgan fingerprint density at radius 3 is 1.49 bits per heavy atom. The minimum Gasteiger partial charge on any atom is -0.462 e. The highest BCUT2D eigenvalue weighted by molar-refractivity contribution is 8.13. The van der Waals surface area contributed by atoms with Crippen LogP contribution in [0, 0.1) is 0 Å². The van der Waals surface area contributed by atoms with Gasteiger partial charge in [-0.25, -0.2) is 4.57 Å². The minimum atomic E-state index is -4.75. The normalized spacial score (nSPS) is 12.3. The number of carbonyl (C=O) groups is 3. The topological polar surface area (TPSA) is 136 Å². The first kappa shape index (κ1) is 42.1. The van der Waals surface area contributed by atoms with Crippen LogP contribution in [0.2, 0.25) is 0 Å². The van der Waals surface area contributed by atoms with Crippen molar-refractivity contribution >= 4 is 36.6 Å². The molecule has 0 bridgehead atoms. The SMILES string of the molecule is CCCCCCCCCCCCCC(=O)O[C@H](COC(=O)CCCCCCCCCCCCSC(C)=O)COP(=O)(O)O. The highest BCUT2D eigenvalue weighted by atomic mass is 32.2. The van der Waals surface area contributed by atoms with Gasteiger partial charge in [-0.05, 0) is 19.3 Å². The molecule has 0 spiro atoms. The van der Waals surface area contributed by atoms with Gasteiger partial charge in [0.2, 0.25) is 0 Å². The molecule has 43 heavy (non-hydrogen) atoms. The van der Waals surface area contributed by atoms with Gasteiger partial charge in [0.05, 0.1) is 6.61 Å². The number of rotatable bonds is 31. The summed E-state index contributed by atoms with van der Waals surface area (Å²) >= 11 is 1.40. The van der Waals surface area contributed by atoms with Crippen LogP contribution >= 0.6 is 19.6 Å². The Balaban J connectivity index is 3.96. The molecular weight excluding hydrogens is 591 g/mol. The molecule has 0 heterocycles. The number of phosphoric ester groups is 1. The molecule has 0 aliphatic heterocycles. The molecule has 254 valence electrons. The summed E-state index contributed by atoms with van der Waals surface area (Å²) in [6, 6.07) is 0. The standard InChI is InChI=1S/C32H61O9PS/c1-3-4-5-6-7-8-9-13-16-19-22-25-32(35)41-30(28-40-42(36,37)38)27-39-31(34)24-21-18-15-12-10-11-14-17-20-23-26-43-29(2)33/h30H,3-28H2,1-2H3,(H2,36,37,38)/t30-/m1/s1. The van der Waals surface area contributed by atoms with Crippen LogP contribution in [0.5, 0.6) is 0 Å². The highest BCUT2D eigenvalue weighted by Gasteiger charge is 2.22. The van der Waals surface area contributed by atoms with Gasteiger partial charge < -0.3 is 19.3 Å². The number of unbranched alkanes of at least 4 members (excludes halogenated alkanes) is 19. The van der Waals surface area contributed by atoms with Crippen LogP contribution in [0.4, 0.5) is 0 Å². The molecule has 0 aliphatic carbocycles. The molecule has 1 atom stereocenters. The van der Waals surface area contributed by atoms with E-state index in [0.29, 0.717) is 12.8 Å². The van der Waals surface area contributed by atoms with Gasteiger partial charge >= 0.3 is 19.8 Å². The lowest BCUT2D eigenvalue weighted by atomic mass is 10.1. The Hall–Kier alpha value is -0.930. The third-order valence-electron chi connectivity index (χ3n) is 7.22. The van der Waals surface area contributed by atoms with Gasteiger partial charge in [0.15, 0.2) is 11.2 Å². The lowest BCUT2D eigenvalue weighted by Crippen LogP contribution is -2.29. The van der Waals surface area contributed by atoms with E-state index >= 15 is 0 Å². The molecule has 0 radical (unpaired) electrons. The van der Waals surface area contributed by atoms with Gasteiger partial charge in [-0.2, -0.15) is 0 Å².